The third-order valence-electron chi connectivity index (χ3n) is 2.65. The second kappa shape index (κ2) is 7.81. The van der Waals surface area contributed by atoms with Crippen LogP contribution in [0.25, 0.3) is 0 Å². The van der Waals surface area contributed by atoms with Crippen LogP contribution in [0.1, 0.15) is 6.42 Å². The predicted octanol–water partition coefficient (Wildman–Crippen LogP) is -0.519. The zero-order chi connectivity index (χ0) is 15.9. The molecule has 0 aliphatic heterocycles. The Hall–Kier alpha value is -1.84. The highest BCUT2D eigenvalue weighted by molar-refractivity contribution is 7.89. The van der Waals surface area contributed by atoms with Crippen LogP contribution < -0.4 is 21.5 Å². The fourth-order valence-corrected chi connectivity index (χ4v) is 2.10. The van der Waals surface area contributed by atoms with E-state index in [1.54, 1.807) is 7.11 Å². The van der Waals surface area contributed by atoms with E-state index < -0.39 is 10.0 Å². The number of hydrogen-bond acceptors (Lipinski definition) is 6. The Balaban J connectivity index is 2.54. The topological polar surface area (TPSA) is 137 Å². The third kappa shape index (κ3) is 5.98. The largest absolute Gasteiger partial charge is 0.397 e. The molecular weight excluding hydrogens is 296 g/mol. The van der Waals surface area contributed by atoms with Gasteiger partial charge in [-0.2, -0.15) is 0 Å². The minimum Gasteiger partial charge on any atom is -0.397 e. The zero-order valence-electron chi connectivity index (χ0n) is 11.8. The maximum Gasteiger partial charge on any atom is 0.238 e. The maximum absolute atomic E-state index is 11.5. The molecule has 1 rings (SSSR count). The van der Waals surface area contributed by atoms with Crippen molar-refractivity contribution >= 4 is 27.3 Å². The Morgan fingerprint density at radius 1 is 1.33 bits per heavy atom. The van der Waals surface area contributed by atoms with E-state index in [1.807, 2.05) is 0 Å². The van der Waals surface area contributed by atoms with Gasteiger partial charge in [0.2, 0.25) is 15.9 Å². The average Bonchev–Trinajstić information content (AvgIpc) is 2.40. The molecular formula is C12H20N4O4S. The van der Waals surface area contributed by atoms with Crippen LogP contribution in [0.15, 0.2) is 23.1 Å². The molecule has 6 N–H and O–H groups in total. The van der Waals surface area contributed by atoms with Crippen molar-refractivity contribution in [1.29, 1.82) is 0 Å². The highest BCUT2D eigenvalue weighted by Gasteiger charge is 2.10. The van der Waals surface area contributed by atoms with E-state index in [9.17, 15) is 13.2 Å². The molecule has 0 fully saturated rings. The second-order valence-electron chi connectivity index (χ2n) is 4.31. The summed E-state index contributed by atoms with van der Waals surface area (Å²) < 4.78 is 27.3. The van der Waals surface area contributed by atoms with Gasteiger partial charge in [0.1, 0.15) is 0 Å². The van der Waals surface area contributed by atoms with E-state index in [4.69, 9.17) is 15.6 Å². The van der Waals surface area contributed by atoms with Crippen molar-refractivity contribution in [2.45, 2.75) is 11.3 Å². The van der Waals surface area contributed by atoms with E-state index in [2.05, 4.69) is 10.6 Å². The fourth-order valence-electron chi connectivity index (χ4n) is 1.56. The van der Waals surface area contributed by atoms with Gasteiger partial charge < -0.3 is 21.1 Å². The molecule has 0 atom stereocenters. The molecule has 1 aromatic rings. The number of ether oxygens (including phenoxy) is 1. The normalized spacial score (nSPS) is 11.1. The van der Waals surface area contributed by atoms with Crippen LogP contribution in [0.3, 0.4) is 0 Å². The first-order chi connectivity index (χ1) is 9.84. The van der Waals surface area contributed by atoms with Crippen LogP contribution in [0, 0.1) is 0 Å². The lowest BCUT2D eigenvalue weighted by Gasteiger charge is -2.11. The lowest BCUT2D eigenvalue weighted by atomic mass is 10.2. The Bertz CT molecular complexity index is 589. The van der Waals surface area contributed by atoms with Gasteiger partial charge in [-0.15, -0.1) is 0 Å². The van der Waals surface area contributed by atoms with Crippen LogP contribution >= 0.6 is 0 Å². The lowest BCUT2D eigenvalue weighted by molar-refractivity contribution is -0.121. The Morgan fingerprint density at radius 3 is 2.67 bits per heavy atom. The summed E-state index contributed by atoms with van der Waals surface area (Å²) in [7, 11) is -2.24. The van der Waals surface area contributed by atoms with E-state index in [0.29, 0.717) is 31.1 Å². The third-order valence-corrected chi connectivity index (χ3v) is 3.56. The first-order valence-electron chi connectivity index (χ1n) is 6.26. The molecule has 1 amide bonds. The van der Waals surface area contributed by atoms with Crippen LogP contribution in [0.2, 0.25) is 0 Å². The number of nitrogen functional groups attached to an aromatic ring is 1. The average molecular weight is 316 g/mol. The molecule has 0 heterocycles. The molecule has 118 valence electrons. The van der Waals surface area contributed by atoms with Crippen molar-refractivity contribution in [3.63, 3.8) is 0 Å². The summed E-state index contributed by atoms with van der Waals surface area (Å²) in [6, 6.07) is 4.11. The van der Waals surface area contributed by atoms with Crippen molar-refractivity contribution < 1.29 is 17.9 Å². The number of amides is 1. The van der Waals surface area contributed by atoms with Crippen molar-refractivity contribution in [3.05, 3.63) is 18.2 Å². The molecule has 0 bridgehead atoms. The number of primary sulfonamides is 1. The summed E-state index contributed by atoms with van der Waals surface area (Å²) in [5.74, 6) is -0.138. The summed E-state index contributed by atoms with van der Waals surface area (Å²) in [5, 5.41) is 10.6. The van der Waals surface area contributed by atoms with Crippen molar-refractivity contribution in [2.24, 2.45) is 5.14 Å². The molecule has 8 nitrogen and oxygen atoms in total. The van der Waals surface area contributed by atoms with Crippen LogP contribution in [-0.2, 0) is 19.6 Å². The monoisotopic (exact) mass is 316 g/mol. The highest BCUT2D eigenvalue weighted by atomic mass is 32.2. The molecule has 0 spiro atoms. The van der Waals surface area contributed by atoms with E-state index in [1.165, 1.54) is 18.2 Å². The molecule has 0 aromatic heterocycles. The summed E-state index contributed by atoms with van der Waals surface area (Å²) in [6.45, 7) is 1.21. The number of sulfonamides is 1. The summed E-state index contributed by atoms with van der Waals surface area (Å²) in [5.41, 5.74) is 6.53. The van der Waals surface area contributed by atoms with Gasteiger partial charge in [0.15, 0.2) is 0 Å². The molecule has 21 heavy (non-hydrogen) atoms. The van der Waals surface area contributed by atoms with Gasteiger partial charge in [0.25, 0.3) is 0 Å². The van der Waals surface area contributed by atoms with E-state index >= 15 is 0 Å². The number of benzene rings is 1. The van der Waals surface area contributed by atoms with Crippen molar-refractivity contribution in [1.82, 2.24) is 5.32 Å². The predicted molar refractivity (Wildman–Crippen MR) is 80.2 cm³/mol. The molecule has 9 heteroatoms. The molecule has 0 aliphatic carbocycles. The first kappa shape index (κ1) is 17.2. The SMILES string of the molecule is COCCNC(=O)CCNc1cc(S(N)(=O)=O)ccc1N. The summed E-state index contributed by atoms with van der Waals surface area (Å²) in [6.07, 6.45) is 0.225. The molecule has 0 radical (unpaired) electrons. The second-order valence-corrected chi connectivity index (χ2v) is 5.88. The smallest absolute Gasteiger partial charge is 0.238 e. The Kier molecular flexibility index (Phi) is 6.40. The molecule has 0 unspecified atom stereocenters. The number of nitrogens with two attached hydrogens (primary N) is 2. The van der Waals surface area contributed by atoms with Gasteiger partial charge in [-0.3, -0.25) is 4.79 Å². The van der Waals surface area contributed by atoms with Crippen LogP contribution in [-0.4, -0.2) is 41.1 Å². The number of methoxy groups -OCH3 is 1. The first-order valence-corrected chi connectivity index (χ1v) is 7.81. The molecule has 1 aromatic carbocycles. The highest BCUT2D eigenvalue weighted by Crippen LogP contribution is 2.21. The maximum atomic E-state index is 11.5. The van der Waals surface area contributed by atoms with Crippen molar-refractivity contribution in [2.75, 3.05) is 37.9 Å². The minimum absolute atomic E-state index is 0.0382. The van der Waals surface area contributed by atoms with Crippen LogP contribution in [0.5, 0.6) is 0 Å². The number of nitrogens with one attached hydrogen (secondary N) is 2. The molecule has 0 saturated heterocycles. The standard InChI is InChI=1S/C12H20N4O4S/c1-20-7-6-16-12(17)4-5-15-11-8-9(21(14,18)19)2-3-10(11)13/h2-3,8,15H,4-7,13H2,1H3,(H,16,17)(H2,14,18,19). The van der Waals surface area contributed by atoms with Gasteiger partial charge in [0.05, 0.1) is 22.9 Å². The van der Waals surface area contributed by atoms with Gasteiger partial charge >= 0.3 is 0 Å². The number of anilines is 2. The summed E-state index contributed by atoms with van der Waals surface area (Å²) in [4.78, 5) is 11.4. The lowest BCUT2D eigenvalue weighted by Crippen LogP contribution is -2.28. The zero-order valence-corrected chi connectivity index (χ0v) is 12.6. The number of hydrogen-bond donors (Lipinski definition) is 4. The quantitative estimate of drug-likeness (QED) is 0.376. The number of carbonyl (C=O) groups is 1. The van der Waals surface area contributed by atoms with E-state index in [0.717, 1.165) is 0 Å². The van der Waals surface area contributed by atoms with Gasteiger partial charge in [-0.1, -0.05) is 0 Å². The van der Waals surface area contributed by atoms with Gasteiger partial charge in [-0.25, -0.2) is 13.6 Å². The Morgan fingerprint density at radius 2 is 2.05 bits per heavy atom. The minimum atomic E-state index is -3.79. The molecule has 0 saturated carbocycles. The number of carbonyl (C=O) groups excluding carboxylic acids is 1. The Labute approximate surface area is 123 Å². The fraction of sp³-hybridized carbons (Fsp3) is 0.417. The summed E-state index contributed by atoms with van der Waals surface area (Å²) >= 11 is 0. The molecule has 0 aliphatic rings. The van der Waals surface area contributed by atoms with Gasteiger partial charge in [0, 0.05) is 26.6 Å². The number of rotatable bonds is 8. The van der Waals surface area contributed by atoms with E-state index in [-0.39, 0.29) is 17.2 Å². The van der Waals surface area contributed by atoms with Crippen LogP contribution in [0.4, 0.5) is 11.4 Å². The van der Waals surface area contributed by atoms with Crippen molar-refractivity contribution in [3.8, 4) is 0 Å². The van der Waals surface area contributed by atoms with Gasteiger partial charge in [-0.05, 0) is 18.2 Å².